The molecule has 1 unspecified atom stereocenters. The molecule has 90 valence electrons. The molecule has 2 aromatic rings. The van der Waals surface area contributed by atoms with E-state index in [0.29, 0.717) is 5.92 Å². The van der Waals surface area contributed by atoms with Gasteiger partial charge in [-0.25, -0.2) is 0 Å². The van der Waals surface area contributed by atoms with E-state index in [-0.39, 0.29) is 0 Å². The smallest absolute Gasteiger partial charge is 0.137 e. The van der Waals surface area contributed by atoms with Gasteiger partial charge < -0.3 is 9.52 Å². The Kier molecular flexibility index (Phi) is 2.67. The number of aliphatic hydroxyl groups excluding tert-OH is 1. The molecule has 1 N–H and O–H groups in total. The van der Waals surface area contributed by atoms with Crippen LogP contribution in [0.5, 0.6) is 0 Å². The van der Waals surface area contributed by atoms with Crippen molar-refractivity contribution in [2.45, 2.75) is 38.7 Å². The standard InChI is InChI=1S/C15H18O2/c1-10-4-2-7-12-9-14(17-15(10)12)13(16)8-11-5-3-6-11/h2,4,7,9,11,13,16H,3,5-6,8H2,1H3. The summed E-state index contributed by atoms with van der Waals surface area (Å²) >= 11 is 0. The Morgan fingerprint density at radius 2 is 2.24 bits per heavy atom. The van der Waals surface area contributed by atoms with Crippen molar-refractivity contribution in [1.29, 1.82) is 0 Å². The highest BCUT2D eigenvalue weighted by atomic mass is 16.4. The summed E-state index contributed by atoms with van der Waals surface area (Å²) in [5.41, 5.74) is 2.04. The SMILES string of the molecule is Cc1cccc2cc(C(O)CC3CCC3)oc12. The van der Waals surface area contributed by atoms with Crippen LogP contribution in [0.3, 0.4) is 0 Å². The molecule has 17 heavy (non-hydrogen) atoms. The van der Waals surface area contributed by atoms with Crippen LogP contribution in [-0.2, 0) is 0 Å². The summed E-state index contributed by atoms with van der Waals surface area (Å²) in [4.78, 5) is 0. The summed E-state index contributed by atoms with van der Waals surface area (Å²) in [7, 11) is 0. The van der Waals surface area contributed by atoms with E-state index in [4.69, 9.17) is 4.42 Å². The topological polar surface area (TPSA) is 33.4 Å². The van der Waals surface area contributed by atoms with Crippen molar-refractivity contribution in [1.82, 2.24) is 0 Å². The van der Waals surface area contributed by atoms with E-state index in [2.05, 4.69) is 0 Å². The number of benzene rings is 1. The average Bonchev–Trinajstić information content (AvgIpc) is 2.68. The lowest BCUT2D eigenvalue weighted by molar-refractivity contribution is 0.1000. The van der Waals surface area contributed by atoms with Gasteiger partial charge >= 0.3 is 0 Å². The van der Waals surface area contributed by atoms with Crippen molar-refractivity contribution < 1.29 is 9.52 Å². The molecular weight excluding hydrogens is 212 g/mol. The van der Waals surface area contributed by atoms with Crippen LogP contribution >= 0.6 is 0 Å². The Hall–Kier alpha value is -1.28. The highest BCUT2D eigenvalue weighted by molar-refractivity contribution is 5.80. The second-order valence-corrected chi connectivity index (χ2v) is 5.19. The highest BCUT2D eigenvalue weighted by Crippen LogP contribution is 2.36. The number of hydrogen-bond acceptors (Lipinski definition) is 2. The van der Waals surface area contributed by atoms with Crippen LogP contribution in [0.1, 0.15) is 43.1 Å². The third-order valence-corrected chi connectivity index (χ3v) is 3.87. The molecule has 1 fully saturated rings. The van der Waals surface area contributed by atoms with E-state index in [1.165, 1.54) is 19.3 Å². The van der Waals surface area contributed by atoms with Gasteiger partial charge in [0, 0.05) is 5.39 Å². The maximum Gasteiger partial charge on any atom is 0.137 e. The monoisotopic (exact) mass is 230 g/mol. The number of hydrogen-bond donors (Lipinski definition) is 1. The van der Waals surface area contributed by atoms with Crippen molar-refractivity contribution in [2.24, 2.45) is 5.92 Å². The molecule has 0 aliphatic heterocycles. The molecule has 1 aromatic carbocycles. The van der Waals surface area contributed by atoms with Gasteiger partial charge in [0.25, 0.3) is 0 Å². The summed E-state index contributed by atoms with van der Waals surface area (Å²) in [5.74, 6) is 1.42. The lowest BCUT2D eigenvalue weighted by Gasteiger charge is -2.26. The maximum absolute atomic E-state index is 10.2. The average molecular weight is 230 g/mol. The summed E-state index contributed by atoms with van der Waals surface area (Å²) < 4.78 is 5.78. The molecule has 1 heterocycles. The van der Waals surface area contributed by atoms with E-state index >= 15 is 0 Å². The van der Waals surface area contributed by atoms with Gasteiger partial charge in [0.15, 0.2) is 0 Å². The van der Waals surface area contributed by atoms with Gasteiger partial charge in [-0.2, -0.15) is 0 Å². The Balaban J connectivity index is 1.86. The van der Waals surface area contributed by atoms with Gasteiger partial charge in [-0.3, -0.25) is 0 Å². The van der Waals surface area contributed by atoms with E-state index in [0.717, 1.165) is 28.7 Å². The Labute approximate surface area is 101 Å². The molecule has 0 radical (unpaired) electrons. The third kappa shape index (κ3) is 1.98. The normalized spacial score (nSPS) is 18.2. The minimum absolute atomic E-state index is 0.438. The van der Waals surface area contributed by atoms with Crippen LogP contribution in [0.4, 0.5) is 0 Å². The number of fused-ring (bicyclic) bond motifs is 1. The van der Waals surface area contributed by atoms with Gasteiger partial charge in [0.05, 0.1) is 0 Å². The predicted octanol–water partition coefficient (Wildman–Crippen LogP) is 3.96. The first kappa shape index (κ1) is 10.8. The van der Waals surface area contributed by atoms with Crippen LogP contribution in [0, 0.1) is 12.8 Å². The molecule has 2 heteroatoms. The first-order chi connectivity index (χ1) is 8.24. The lowest BCUT2D eigenvalue weighted by Crippen LogP contribution is -2.14. The van der Waals surface area contributed by atoms with Crippen molar-refractivity contribution >= 4 is 11.0 Å². The fourth-order valence-electron chi connectivity index (χ4n) is 2.55. The molecule has 1 atom stereocenters. The fraction of sp³-hybridized carbons (Fsp3) is 0.467. The largest absolute Gasteiger partial charge is 0.458 e. The summed E-state index contributed by atoms with van der Waals surface area (Å²) in [6.07, 6.45) is 4.24. The summed E-state index contributed by atoms with van der Waals surface area (Å²) in [6, 6.07) is 8.07. The van der Waals surface area contributed by atoms with Gasteiger partial charge in [0.2, 0.25) is 0 Å². The first-order valence-electron chi connectivity index (χ1n) is 6.41. The van der Waals surface area contributed by atoms with Crippen LogP contribution in [-0.4, -0.2) is 5.11 Å². The van der Waals surface area contributed by atoms with E-state index in [9.17, 15) is 5.11 Å². The van der Waals surface area contributed by atoms with Crippen molar-refractivity contribution in [2.75, 3.05) is 0 Å². The van der Waals surface area contributed by atoms with Crippen LogP contribution in [0.15, 0.2) is 28.7 Å². The molecule has 0 saturated heterocycles. The zero-order valence-electron chi connectivity index (χ0n) is 10.1. The third-order valence-electron chi connectivity index (χ3n) is 3.87. The Morgan fingerprint density at radius 1 is 1.41 bits per heavy atom. The van der Waals surface area contributed by atoms with Gasteiger partial charge in [-0.05, 0) is 30.9 Å². The first-order valence-corrected chi connectivity index (χ1v) is 6.41. The number of aryl methyl sites for hydroxylation is 1. The lowest BCUT2D eigenvalue weighted by atomic mass is 9.81. The van der Waals surface area contributed by atoms with Gasteiger partial charge in [0.1, 0.15) is 17.4 Å². The highest BCUT2D eigenvalue weighted by Gasteiger charge is 2.23. The molecule has 0 bridgehead atoms. The minimum Gasteiger partial charge on any atom is -0.458 e. The fourth-order valence-corrected chi connectivity index (χ4v) is 2.55. The number of rotatable bonds is 3. The summed E-state index contributed by atoms with van der Waals surface area (Å²) in [6.45, 7) is 2.04. The molecule has 1 aliphatic carbocycles. The van der Waals surface area contributed by atoms with Crippen LogP contribution in [0.2, 0.25) is 0 Å². The van der Waals surface area contributed by atoms with E-state index < -0.39 is 6.10 Å². The molecule has 3 rings (SSSR count). The van der Waals surface area contributed by atoms with Crippen LogP contribution < -0.4 is 0 Å². The quantitative estimate of drug-likeness (QED) is 0.865. The molecule has 1 aliphatic rings. The minimum atomic E-state index is -0.438. The maximum atomic E-state index is 10.2. The Bertz CT molecular complexity index is 523. The van der Waals surface area contributed by atoms with Crippen molar-refractivity contribution in [3.63, 3.8) is 0 Å². The van der Waals surface area contributed by atoms with Crippen molar-refractivity contribution in [3.8, 4) is 0 Å². The Morgan fingerprint density at radius 3 is 2.88 bits per heavy atom. The second kappa shape index (κ2) is 4.19. The molecule has 1 aromatic heterocycles. The van der Waals surface area contributed by atoms with Crippen molar-refractivity contribution in [3.05, 3.63) is 35.6 Å². The number of aliphatic hydroxyl groups is 1. The van der Waals surface area contributed by atoms with Gasteiger partial charge in [-0.15, -0.1) is 0 Å². The summed E-state index contributed by atoms with van der Waals surface area (Å²) in [5, 5.41) is 11.2. The number of para-hydroxylation sites is 1. The van der Waals surface area contributed by atoms with Crippen LogP contribution in [0.25, 0.3) is 11.0 Å². The molecule has 2 nitrogen and oxygen atoms in total. The molecule has 0 spiro atoms. The van der Waals surface area contributed by atoms with E-state index in [1.54, 1.807) is 0 Å². The predicted molar refractivity (Wildman–Crippen MR) is 67.9 cm³/mol. The molecule has 0 amide bonds. The zero-order chi connectivity index (χ0) is 11.8. The molecule has 1 saturated carbocycles. The molecular formula is C15H18O2. The van der Waals surface area contributed by atoms with Gasteiger partial charge in [-0.1, -0.05) is 37.5 Å². The zero-order valence-corrected chi connectivity index (χ0v) is 10.1. The van der Waals surface area contributed by atoms with E-state index in [1.807, 2.05) is 31.2 Å². The second-order valence-electron chi connectivity index (χ2n) is 5.19. The number of furan rings is 1.